The van der Waals surface area contributed by atoms with Crippen molar-refractivity contribution in [3.63, 3.8) is 0 Å². The number of carbonyl (C=O) groups is 1. The molecule has 1 amide bonds. The molecule has 1 aliphatic rings. The molecule has 1 aromatic heterocycles. The van der Waals surface area contributed by atoms with Gasteiger partial charge in [0.1, 0.15) is 11.9 Å². The van der Waals surface area contributed by atoms with Crippen LogP contribution in [0.5, 0.6) is 0 Å². The standard InChI is InChI=1S/C20H27ClN2O3/c1-4-5-8-13-11-15-14-9-6-7-10-16(14)22-18(15)19(20(25-2)26-3)23(13)17(24)12-21/h6-7,9-10,13,19-20,22H,4-5,8,11-12H2,1-3H3/t13-,19+/m0/s1. The van der Waals surface area contributed by atoms with E-state index in [1.807, 2.05) is 17.0 Å². The number of nitrogens with one attached hydrogen (secondary N) is 1. The number of nitrogens with zero attached hydrogens (tertiary/aromatic N) is 1. The number of amides is 1. The van der Waals surface area contributed by atoms with Gasteiger partial charge in [0.05, 0.1) is 0 Å². The number of hydrogen-bond acceptors (Lipinski definition) is 3. The van der Waals surface area contributed by atoms with E-state index in [1.54, 1.807) is 14.2 Å². The minimum absolute atomic E-state index is 0.0468. The minimum atomic E-state index is -0.557. The minimum Gasteiger partial charge on any atom is -0.356 e. The number of fused-ring (bicyclic) bond motifs is 3. The van der Waals surface area contributed by atoms with Crippen LogP contribution in [0.3, 0.4) is 0 Å². The lowest BCUT2D eigenvalue weighted by Crippen LogP contribution is -2.52. The van der Waals surface area contributed by atoms with Gasteiger partial charge in [0.2, 0.25) is 5.91 Å². The highest BCUT2D eigenvalue weighted by Crippen LogP contribution is 2.41. The number of hydrogen-bond donors (Lipinski definition) is 1. The Morgan fingerprint density at radius 2 is 2.08 bits per heavy atom. The summed E-state index contributed by atoms with van der Waals surface area (Å²) < 4.78 is 11.2. The fraction of sp³-hybridized carbons (Fsp3) is 0.550. The summed E-state index contributed by atoms with van der Waals surface area (Å²) in [5, 5.41) is 1.21. The number of H-pyrrole nitrogens is 1. The van der Waals surface area contributed by atoms with Crippen molar-refractivity contribution in [2.45, 2.75) is 51.0 Å². The number of unbranched alkanes of at least 4 members (excludes halogenated alkanes) is 1. The predicted octanol–water partition coefficient (Wildman–Crippen LogP) is 4.01. The Balaban J connectivity index is 2.15. The van der Waals surface area contributed by atoms with Crippen molar-refractivity contribution in [2.75, 3.05) is 20.1 Å². The van der Waals surface area contributed by atoms with E-state index >= 15 is 0 Å². The summed E-state index contributed by atoms with van der Waals surface area (Å²) in [5.41, 5.74) is 3.32. The Morgan fingerprint density at radius 3 is 2.73 bits per heavy atom. The molecule has 6 heteroatoms. The Kier molecular flexibility index (Phi) is 6.22. The van der Waals surface area contributed by atoms with Crippen molar-refractivity contribution in [3.8, 4) is 0 Å². The highest BCUT2D eigenvalue weighted by atomic mass is 35.5. The Hall–Kier alpha value is -1.56. The van der Waals surface area contributed by atoms with Crippen LogP contribution in [0.25, 0.3) is 10.9 Å². The average Bonchev–Trinajstić information content (AvgIpc) is 3.04. The molecule has 0 spiro atoms. The summed E-state index contributed by atoms with van der Waals surface area (Å²) >= 11 is 5.96. The van der Waals surface area contributed by atoms with E-state index in [0.29, 0.717) is 0 Å². The third-order valence-electron chi connectivity index (χ3n) is 5.29. The number of aromatic amines is 1. The van der Waals surface area contributed by atoms with Crippen LogP contribution in [-0.4, -0.2) is 48.2 Å². The van der Waals surface area contributed by atoms with Gasteiger partial charge >= 0.3 is 0 Å². The predicted molar refractivity (Wildman–Crippen MR) is 103 cm³/mol. The van der Waals surface area contributed by atoms with Crippen LogP contribution in [-0.2, 0) is 20.7 Å². The van der Waals surface area contributed by atoms with Crippen LogP contribution in [0.2, 0.25) is 0 Å². The number of methoxy groups -OCH3 is 2. The first kappa shape index (κ1) is 19.2. The lowest BCUT2D eigenvalue weighted by molar-refractivity contribution is -0.171. The number of halogens is 1. The van der Waals surface area contributed by atoms with Gasteiger partial charge in [-0.15, -0.1) is 11.6 Å². The van der Waals surface area contributed by atoms with Crippen LogP contribution in [0, 0.1) is 0 Å². The number of carbonyl (C=O) groups excluding carboxylic acids is 1. The summed E-state index contributed by atoms with van der Waals surface area (Å²) in [6.45, 7) is 2.16. The third-order valence-corrected chi connectivity index (χ3v) is 5.52. The van der Waals surface area contributed by atoms with Crippen LogP contribution in [0.15, 0.2) is 24.3 Å². The molecule has 26 heavy (non-hydrogen) atoms. The van der Waals surface area contributed by atoms with E-state index in [-0.39, 0.29) is 23.9 Å². The van der Waals surface area contributed by atoms with Crippen LogP contribution in [0.4, 0.5) is 0 Å². The summed E-state index contributed by atoms with van der Waals surface area (Å²) in [6, 6.07) is 8.01. The van der Waals surface area contributed by atoms with E-state index < -0.39 is 6.29 Å². The highest BCUT2D eigenvalue weighted by Gasteiger charge is 2.43. The smallest absolute Gasteiger partial charge is 0.238 e. The van der Waals surface area contributed by atoms with E-state index in [0.717, 1.165) is 36.9 Å². The molecular formula is C20H27ClN2O3. The van der Waals surface area contributed by atoms with Crippen LogP contribution < -0.4 is 0 Å². The molecule has 0 bridgehead atoms. The first-order valence-electron chi connectivity index (χ1n) is 9.18. The lowest BCUT2D eigenvalue weighted by atomic mass is 9.88. The molecule has 1 aromatic carbocycles. The topological polar surface area (TPSA) is 54.6 Å². The second kappa shape index (κ2) is 8.42. The molecule has 1 N–H and O–H groups in total. The van der Waals surface area contributed by atoms with Gasteiger partial charge in [-0.2, -0.15) is 0 Å². The number of ether oxygens (including phenoxy) is 2. The van der Waals surface area contributed by atoms with Gasteiger partial charge in [-0.05, 0) is 24.5 Å². The summed E-state index contributed by atoms with van der Waals surface area (Å²) in [4.78, 5) is 18.2. The maximum absolute atomic E-state index is 12.8. The molecule has 2 heterocycles. The molecule has 0 saturated carbocycles. The quantitative estimate of drug-likeness (QED) is 0.585. The molecule has 0 saturated heterocycles. The highest BCUT2D eigenvalue weighted by molar-refractivity contribution is 6.27. The Bertz CT molecular complexity index is 757. The van der Waals surface area contributed by atoms with Gasteiger partial charge in [0.15, 0.2) is 6.29 Å². The molecule has 0 fully saturated rings. The first-order valence-corrected chi connectivity index (χ1v) is 9.71. The molecule has 0 unspecified atom stereocenters. The van der Waals surface area contributed by atoms with Gasteiger partial charge in [-0.25, -0.2) is 0 Å². The van der Waals surface area contributed by atoms with Crippen molar-refractivity contribution < 1.29 is 14.3 Å². The number of rotatable bonds is 7. The summed E-state index contributed by atoms with van der Waals surface area (Å²) in [6.07, 6.45) is 3.35. The fourth-order valence-corrected chi connectivity index (χ4v) is 4.26. The van der Waals surface area contributed by atoms with Gasteiger partial charge in [-0.1, -0.05) is 38.0 Å². The van der Waals surface area contributed by atoms with Gasteiger partial charge in [-0.3, -0.25) is 4.79 Å². The molecule has 1 aliphatic heterocycles. The third kappa shape index (κ3) is 3.36. The molecule has 5 nitrogen and oxygen atoms in total. The average molecular weight is 379 g/mol. The SMILES string of the molecule is CCCC[C@H]1Cc2c([nH]c3ccccc23)[C@H](C(OC)OC)N1C(=O)CCl. The molecule has 142 valence electrons. The Morgan fingerprint density at radius 1 is 1.35 bits per heavy atom. The van der Waals surface area contributed by atoms with Crippen molar-refractivity contribution >= 4 is 28.4 Å². The zero-order valence-corrected chi connectivity index (χ0v) is 16.4. The zero-order valence-electron chi connectivity index (χ0n) is 15.6. The summed E-state index contributed by atoms with van der Waals surface area (Å²) in [5.74, 6) is -0.129. The van der Waals surface area contributed by atoms with Gasteiger partial charge < -0.3 is 19.4 Å². The van der Waals surface area contributed by atoms with E-state index in [2.05, 4.69) is 24.0 Å². The largest absolute Gasteiger partial charge is 0.356 e. The van der Waals surface area contributed by atoms with E-state index in [1.165, 1.54) is 10.9 Å². The Labute approximate surface area is 159 Å². The van der Waals surface area contributed by atoms with E-state index in [4.69, 9.17) is 21.1 Å². The van der Waals surface area contributed by atoms with E-state index in [9.17, 15) is 4.79 Å². The monoisotopic (exact) mass is 378 g/mol. The second-order valence-corrected chi connectivity index (χ2v) is 7.05. The number of aromatic nitrogens is 1. The fourth-order valence-electron chi connectivity index (χ4n) is 4.12. The molecule has 0 aliphatic carbocycles. The zero-order chi connectivity index (χ0) is 18.7. The first-order chi connectivity index (χ1) is 12.7. The van der Waals surface area contributed by atoms with Crippen molar-refractivity contribution in [2.24, 2.45) is 0 Å². The van der Waals surface area contributed by atoms with Gasteiger partial charge in [0.25, 0.3) is 0 Å². The molecule has 3 rings (SSSR count). The van der Waals surface area contributed by atoms with Crippen LogP contribution in [0.1, 0.15) is 43.5 Å². The van der Waals surface area contributed by atoms with Crippen molar-refractivity contribution in [1.29, 1.82) is 0 Å². The molecule has 2 aromatic rings. The maximum atomic E-state index is 12.8. The molecular weight excluding hydrogens is 352 g/mol. The lowest BCUT2D eigenvalue weighted by Gasteiger charge is -2.44. The van der Waals surface area contributed by atoms with Crippen molar-refractivity contribution in [3.05, 3.63) is 35.5 Å². The molecule has 2 atom stereocenters. The second-order valence-electron chi connectivity index (χ2n) is 6.78. The van der Waals surface area contributed by atoms with Crippen molar-refractivity contribution in [1.82, 2.24) is 9.88 Å². The number of alkyl halides is 1. The normalized spacial score (nSPS) is 20.0. The van der Waals surface area contributed by atoms with Gasteiger partial charge in [0, 0.05) is 36.9 Å². The molecule has 0 radical (unpaired) electrons. The number of benzene rings is 1. The number of para-hydroxylation sites is 1. The summed E-state index contributed by atoms with van der Waals surface area (Å²) in [7, 11) is 3.21. The van der Waals surface area contributed by atoms with Crippen LogP contribution >= 0.6 is 11.6 Å². The maximum Gasteiger partial charge on any atom is 0.238 e.